The number of nitrogens with two attached hydrogens (primary N) is 1. The third kappa shape index (κ3) is 5.02. The van der Waals surface area contributed by atoms with Gasteiger partial charge in [0.1, 0.15) is 5.75 Å². The molecule has 0 bridgehead atoms. The van der Waals surface area contributed by atoms with Crippen molar-refractivity contribution in [3.63, 3.8) is 0 Å². The molecule has 20 heavy (non-hydrogen) atoms. The number of halogens is 1. The van der Waals surface area contributed by atoms with Gasteiger partial charge in [-0.3, -0.25) is 4.79 Å². The molecule has 3 N–H and O–H groups in total. The number of benzene rings is 1. The molecule has 1 unspecified atom stereocenters. The highest BCUT2D eigenvalue weighted by molar-refractivity contribution is 6.32. The van der Waals surface area contributed by atoms with E-state index in [1.165, 1.54) is 0 Å². The number of amides is 1. The number of ether oxygens (including phenoxy) is 1. The molecule has 0 spiro atoms. The van der Waals surface area contributed by atoms with Crippen LogP contribution in [0.1, 0.15) is 45.2 Å². The summed E-state index contributed by atoms with van der Waals surface area (Å²) >= 11 is 6.14. The van der Waals surface area contributed by atoms with Crippen LogP contribution in [0.25, 0.3) is 0 Å². The number of nitrogens with one attached hydrogen (secondary N) is 1. The van der Waals surface area contributed by atoms with Crippen molar-refractivity contribution in [1.29, 1.82) is 0 Å². The van der Waals surface area contributed by atoms with Crippen LogP contribution in [-0.4, -0.2) is 18.6 Å². The average molecular weight is 299 g/mol. The Morgan fingerprint density at radius 3 is 2.70 bits per heavy atom. The Bertz CT molecular complexity index is 449. The predicted molar refractivity (Wildman–Crippen MR) is 82.1 cm³/mol. The molecule has 1 rings (SSSR count). The van der Waals surface area contributed by atoms with Gasteiger partial charge in [0, 0.05) is 12.6 Å². The zero-order valence-corrected chi connectivity index (χ0v) is 13.0. The van der Waals surface area contributed by atoms with Gasteiger partial charge in [0.15, 0.2) is 6.10 Å². The van der Waals surface area contributed by atoms with Crippen molar-refractivity contribution in [2.24, 2.45) is 5.73 Å². The molecule has 4 nitrogen and oxygen atoms in total. The minimum Gasteiger partial charge on any atom is -0.479 e. The second-order valence-electron chi connectivity index (χ2n) is 4.88. The van der Waals surface area contributed by atoms with E-state index in [0.29, 0.717) is 17.3 Å². The van der Waals surface area contributed by atoms with E-state index in [2.05, 4.69) is 12.2 Å². The normalized spacial score (nSPS) is 13.7. The molecule has 112 valence electrons. The smallest absolute Gasteiger partial charge is 0.260 e. The number of unbranched alkanes of at least 4 members (excludes halogenated alkanes) is 1. The van der Waals surface area contributed by atoms with Crippen LogP contribution < -0.4 is 15.8 Å². The molecule has 0 aromatic heterocycles. The second-order valence-corrected chi connectivity index (χ2v) is 5.29. The van der Waals surface area contributed by atoms with Crippen molar-refractivity contribution in [3.05, 3.63) is 28.8 Å². The van der Waals surface area contributed by atoms with Gasteiger partial charge in [-0.1, -0.05) is 31.0 Å². The molecule has 0 aliphatic heterocycles. The van der Waals surface area contributed by atoms with Crippen LogP contribution in [0.15, 0.2) is 18.2 Å². The third-order valence-electron chi connectivity index (χ3n) is 2.98. The van der Waals surface area contributed by atoms with Crippen LogP contribution in [0.5, 0.6) is 5.75 Å². The molecule has 0 radical (unpaired) electrons. The lowest BCUT2D eigenvalue weighted by atomic mass is 10.1. The molecule has 0 aliphatic rings. The number of hydrogen-bond donors (Lipinski definition) is 2. The molecule has 0 saturated heterocycles. The van der Waals surface area contributed by atoms with Gasteiger partial charge in [0.05, 0.1) is 5.02 Å². The number of carbonyl (C=O) groups excluding carboxylic acids is 1. The molecule has 0 fully saturated rings. The molecule has 0 saturated carbocycles. The van der Waals surface area contributed by atoms with E-state index in [-0.39, 0.29) is 11.9 Å². The zero-order chi connectivity index (χ0) is 15.1. The van der Waals surface area contributed by atoms with E-state index < -0.39 is 6.10 Å². The molecule has 1 aromatic rings. The first-order valence-corrected chi connectivity index (χ1v) is 7.32. The largest absolute Gasteiger partial charge is 0.479 e. The van der Waals surface area contributed by atoms with E-state index >= 15 is 0 Å². The quantitative estimate of drug-likeness (QED) is 0.761. The predicted octanol–water partition coefficient (Wildman–Crippen LogP) is 3.04. The van der Waals surface area contributed by atoms with E-state index in [4.69, 9.17) is 22.1 Å². The minimum atomic E-state index is -0.578. The van der Waals surface area contributed by atoms with Crippen molar-refractivity contribution >= 4 is 17.5 Å². The van der Waals surface area contributed by atoms with Crippen LogP contribution in [0.4, 0.5) is 0 Å². The summed E-state index contributed by atoms with van der Waals surface area (Å²) in [6.45, 7) is 6.33. The molecular formula is C15H23ClN2O2. The summed E-state index contributed by atoms with van der Waals surface area (Å²) in [5.41, 5.74) is 6.72. The Morgan fingerprint density at radius 2 is 2.15 bits per heavy atom. The Hall–Kier alpha value is -1.26. The summed E-state index contributed by atoms with van der Waals surface area (Å²) < 4.78 is 5.59. The topological polar surface area (TPSA) is 64.3 Å². The Morgan fingerprint density at radius 1 is 1.45 bits per heavy atom. The van der Waals surface area contributed by atoms with Crippen molar-refractivity contribution in [2.45, 2.75) is 45.8 Å². The standard InChI is InChI=1S/C15H23ClN2O2/c1-4-5-8-18-15(19)11(3)20-14-7-6-12(10(2)17)9-13(14)16/h6-7,9-11H,4-5,8,17H2,1-3H3,(H,18,19)/t10-,11?/m1/s1. The Balaban J connectivity index is 2.61. The third-order valence-corrected chi connectivity index (χ3v) is 3.28. The summed E-state index contributed by atoms with van der Waals surface area (Å²) in [5, 5.41) is 3.29. The highest BCUT2D eigenvalue weighted by Crippen LogP contribution is 2.28. The lowest BCUT2D eigenvalue weighted by molar-refractivity contribution is -0.127. The first-order valence-electron chi connectivity index (χ1n) is 6.95. The fourth-order valence-electron chi connectivity index (χ4n) is 1.67. The van der Waals surface area contributed by atoms with E-state index in [0.717, 1.165) is 18.4 Å². The van der Waals surface area contributed by atoms with Gasteiger partial charge in [-0.05, 0) is 38.0 Å². The second kappa shape index (κ2) is 8.12. The summed E-state index contributed by atoms with van der Waals surface area (Å²) in [7, 11) is 0. The highest BCUT2D eigenvalue weighted by Gasteiger charge is 2.16. The first kappa shape index (κ1) is 16.8. The molecule has 1 aromatic carbocycles. The molecule has 0 aliphatic carbocycles. The Labute approximate surface area is 125 Å². The summed E-state index contributed by atoms with van der Waals surface area (Å²) in [6.07, 6.45) is 1.42. The summed E-state index contributed by atoms with van der Waals surface area (Å²) in [6, 6.07) is 5.28. The molecule has 1 amide bonds. The zero-order valence-electron chi connectivity index (χ0n) is 12.3. The maximum Gasteiger partial charge on any atom is 0.260 e. The highest BCUT2D eigenvalue weighted by atomic mass is 35.5. The van der Waals surface area contributed by atoms with Gasteiger partial charge < -0.3 is 15.8 Å². The van der Waals surface area contributed by atoms with E-state index in [1.54, 1.807) is 19.1 Å². The molecule has 5 heteroatoms. The number of rotatable bonds is 7. The van der Waals surface area contributed by atoms with Crippen LogP contribution in [0.2, 0.25) is 5.02 Å². The van der Waals surface area contributed by atoms with Gasteiger partial charge in [-0.25, -0.2) is 0 Å². The van der Waals surface area contributed by atoms with Gasteiger partial charge in [-0.2, -0.15) is 0 Å². The fourth-order valence-corrected chi connectivity index (χ4v) is 1.91. The average Bonchev–Trinajstić information content (AvgIpc) is 2.40. The SMILES string of the molecule is CCCCNC(=O)C(C)Oc1ccc([C@@H](C)N)cc1Cl. The van der Waals surface area contributed by atoms with Crippen LogP contribution >= 0.6 is 11.6 Å². The molecular weight excluding hydrogens is 276 g/mol. The van der Waals surface area contributed by atoms with E-state index in [9.17, 15) is 4.79 Å². The van der Waals surface area contributed by atoms with Crippen LogP contribution in [0.3, 0.4) is 0 Å². The molecule has 2 atom stereocenters. The van der Waals surface area contributed by atoms with Gasteiger partial charge in [0.25, 0.3) is 5.91 Å². The first-order chi connectivity index (χ1) is 9.45. The Kier molecular flexibility index (Phi) is 6.82. The molecule has 0 heterocycles. The lowest BCUT2D eigenvalue weighted by Gasteiger charge is -2.16. The summed E-state index contributed by atoms with van der Waals surface area (Å²) in [5.74, 6) is 0.361. The van der Waals surface area contributed by atoms with Crippen molar-refractivity contribution in [2.75, 3.05) is 6.54 Å². The van der Waals surface area contributed by atoms with Gasteiger partial charge >= 0.3 is 0 Å². The minimum absolute atomic E-state index is 0.0867. The van der Waals surface area contributed by atoms with Crippen molar-refractivity contribution in [3.8, 4) is 5.75 Å². The lowest BCUT2D eigenvalue weighted by Crippen LogP contribution is -2.36. The fraction of sp³-hybridized carbons (Fsp3) is 0.533. The van der Waals surface area contributed by atoms with Gasteiger partial charge in [0.2, 0.25) is 0 Å². The van der Waals surface area contributed by atoms with Crippen LogP contribution in [0, 0.1) is 0 Å². The monoisotopic (exact) mass is 298 g/mol. The van der Waals surface area contributed by atoms with Crippen molar-refractivity contribution < 1.29 is 9.53 Å². The summed E-state index contributed by atoms with van der Waals surface area (Å²) in [4.78, 5) is 11.8. The number of carbonyl (C=O) groups is 1. The maximum absolute atomic E-state index is 11.8. The number of hydrogen-bond acceptors (Lipinski definition) is 3. The van der Waals surface area contributed by atoms with Crippen molar-refractivity contribution in [1.82, 2.24) is 5.32 Å². The van der Waals surface area contributed by atoms with Crippen LogP contribution in [-0.2, 0) is 4.79 Å². The maximum atomic E-state index is 11.8. The van der Waals surface area contributed by atoms with E-state index in [1.807, 2.05) is 13.0 Å². The van der Waals surface area contributed by atoms with Gasteiger partial charge in [-0.15, -0.1) is 0 Å².